The van der Waals surface area contributed by atoms with Crippen LogP contribution in [-0.4, -0.2) is 140 Å². The third-order valence-corrected chi connectivity index (χ3v) is 12.9. The van der Waals surface area contributed by atoms with Crippen molar-refractivity contribution < 1.29 is 33.8 Å². The van der Waals surface area contributed by atoms with Crippen molar-refractivity contribution in [2.75, 3.05) is 67.5 Å². The number of piperidine rings is 3. The van der Waals surface area contributed by atoms with Gasteiger partial charge in [-0.2, -0.15) is 4.37 Å². The number of primary amides is 1. The van der Waals surface area contributed by atoms with Crippen LogP contribution in [-0.2, 0) is 9.53 Å². The Bertz CT molecular complexity index is 2130. The van der Waals surface area contributed by atoms with Gasteiger partial charge in [0.15, 0.2) is 17.1 Å². The lowest BCUT2D eigenvalue weighted by Crippen LogP contribution is -2.65. The van der Waals surface area contributed by atoms with Gasteiger partial charge in [0.1, 0.15) is 17.0 Å². The van der Waals surface area contributed by atoms with Crippen molar-refractivity contribution in [3.63, 3.8) is 0 Å². The predicted octanol–water partition coefficient (Wildman–Crippen LogP) is 1.67. The van der Waals surface area contributed by atoms with Crippen LogP contribution < -0.4 is 26.2 Å². The first-order chi connectivity index (χ1) is 27.4. The van der Waals surface area contributed by atoms with Crippen molar-refractivity contribution in [1.29, 1.82) is 0 Å². The molecule has 3 atom stereocenters. The standard InChI is InChI=1S/C38H45N11O7S/c1-21-13-30(57-44-21)43-33-31(32(39)51)40-15-28(41-33)47-10-2-3-24(17-47)48-20-38(56-37(48)55)18-45(19-38)16-22-8-11-46(12-9-22)23-4-5-25-26(14-23)36(54)49(35(25)53)27-6-7-29(50)42-34(27)52/h4-5,13-15,22,24,27,34,52H,2-3,6-12,16-20H2,1H3,(H2,39,51)(H,41,43)(H,42,50)/t24-,27?,34?/m1/s1. The number of hydrogen-bond acceptors (Lipinski definition) is 15. The summed E-state index contributed by atoms with van der Waals surface area (Å²) in [6, 6.07) is 6.36. The summed E-state index contributed by atoms with van der Waals surface area (Å²) in [5, 5.41) is 16.7. The summed E-state index contributed by atoms with van der Waals surface area (Å²) in [4.78, 5) is 82.4. The van der Waals surface area contributed by atoms with Crippen LogP contribution in [0, 0.1) is 12.8 Å². The average Bonchev–Trinajstić information content (AvgIpc) is 3.84. The molecule has 5 saturated heterocycles. The van der Waals surface area contributed by atoms with Crippen molar-refractivity contribution in [3.05, 3.63) is 53.0 Å². The Kier molecular flexibility index (Phi) is 9.47. The van der Waals surface area contributed by atoms with Gasteiger partial charge >= 0.3 is 6.09 Å². The van der Waals surface area contributed by atoms with Crippen molar-refractivity contribution in [2.24, 2.45) is 11.7 Å². The number of nitrogens with zero attached hydrogens (tertiary/aromatic N) is 8. The number of ether oxygens (including phenoxy) is 1. The number of aryl methyl sites for hydroxylation is 1. The predicted molar refractivity (Wildman–Crippen MR) is 207 cm³/mol. The summed E-state index contributed by atoms with van der Waals surface area (Å²) in [5.74, 6) is -0.545. The van der Waals surface area contributed by atoms with Crippen LogP contribution in [0.3, 0.4) is 0 Å². The molecule has 0 bridgehead atoms. The Morgan fingerprint density at radius 1 is 1.04 bits per heavy atom. The lowest BCUT2D eigenvalue weighted by molar-refractivity contribution is -0.129. The Morgan fingerprint density at radius 2 is 1.82 bits per heavy atom. The second-order valence-corrected chi connectivity index (χ2v) is 16.9. The summed E-state index contributed by atoms with van der Waals surface area (Å²) in [6.07, 6.45) is 3.96. The Hall–Kier alpha value is -5.40. The summed E-state index contributed by atoms with van der Waals surface area (Å²) >= 11 is 1.26. The SMILES string of the molecule is Cc1cc(Nc2nc(N3CCC[C@@H](N4CC5(CN(CC6CCN(c7ccc8c(c7)C(=O)N(C7CCC(=O)NC7O)C8=O)CC6)C5)OC4=O)C3)cnc2C(N)=O)sn1. The molecule has 6 aliphatic heterocycles. The molecule has 2 aromatic heterocycles. The normalized spacial score (nSPS) is 25.1. The smallest absolute Gasteiger partial charge is 0.410 e. The molecular weight excluding hydrogens is 755 g/mol. The number of anilines is 4. The molecule has 1 aromatic carbocycles. The highest BCUT2D eigenvalue weighted by Gasteiger charge is 2.55. The number of hydrogen-bond donors (Lipinski definition) is 4. The Balaban J connectivity index is 0.767. The molecule has 3 aromatic rings. The van der Waals surface area contributed by atoms with Gasteiger partial charge in [-0.15, -0.1) is 0 Å². The fraction of sp³-hybridized carbons (Fsp3) is 0.526. The zero-order chi connectivity index (χ0) is 39.6. The minimum atomic E-state index is -1.29. The number of carbonyl (C=O) groups excluding carboxylic acids is 5. The van der Waals surface area contributed by atoms with E-state index >= 15 is 0 Å². The van der Waals surface area contributed by atoms with Gasteiger partial charge in [-0.1, -0.05) is 0 Å². The van der Waals surface area contributed by atoms with E-state index in [1.165, 1.54) is 11.5 Å². The van der Waals surface area contributed by atoms with E-state index in [4.69, 9.17) is 15.5 Å². The van der Waals surface area contributed by atoms with Gasteiger partial charge in [0.2, 0.25) is 5.91 Å². The number of aliphatic hydroxyl groups excluding tert-OH is 1. The van der Waals surface area contributed by atoms with Gasteiger partial charge in [0.05, 0.1) is 41.6 Å². The van der Waals surface area contributed by atoms with E-state index in [0.717, 1.165) is 73.1 Å². The molecule has 5 amide bonds. The molecule has 0 aliphatic carbocycles. The monoisotopic (exact) mass is 799 g/mol. The van der Waals surface area contributed by atoms with E-state index in [1.807, 2.05) is 24.0 Å². The molecule has 5 fully saturated rings. The molecule has 5 N–H and O–H groups in total. The maximum Gasteiger partial charge on any atom is 0.410 e. The van der Waals surface area contributed by atoms with E-state index in [2.05, 4.69) is 34.7 Å². The number of rotatable bonds is 9. The van der Waals surface area contributed by atoms with Crippen molar-refractivity contribution in [1.82, 2.24) is 34.4 Å². The van der Waals surface area contributed by atoms with Crippen molar-refractivity contribution in [3.8, 4) is 0 Å². The largest absolute Gasteiger partial charge is 0.438 e. The summed E-state index contributed by atoms with van der Waals surface area (Å²) in [7, 11) is 0. The maximum atomic E-state index is 13.4. The number of likely N-dealkylation sites (tertiary alicyclic amines) is 1. The number of fused-ring (bicyclic) bond motifs is 1. The highest BCUT2D eigenvalue weighted by Crippen LogP contribution is 2.38. The van der Waals surface area contributed by atoms with Crippen LogP contribution in [0.15, 0.2) is 30.5 Å². The first-order valence-corrected chi connectivity index (χ1v) is 20.3. The number of nitrogens with one attached hydrogen (secondary N) is 2. The van der Waals surface area contributed by atoms with Gasteiger partial charge in [-0.25, -0.2) is 14.8 Å². The van der Waals surface area contributed by atoms with Crippen LogP contribution in [0.5, 0.6) is 0 Å². The summed E-state index contributed by atoms with van der Waals surface area (Å²) in [6.45, 7) is 7.62. The number of imide groups is 1. The second-order valence-electron chi connectivity index (χ2n) is 16.1. The molecule has 9 rings (SSSR count). The van der Waals surface area contributed by atoms with Gasteiger partial charge in [-0.3, -0.25) is 33.9 Å². The molecule has 57 heavy (non-hydrogen) atoms. The lowest BCUT2D eigenvalue weighted by Gasteiger charge is -2.48. The minimum Gasteiger partial charge on any atom is -0.438 e. The molecule has 1 spiro atoms. The lowest BCUT2D eigenvalue weighted by atomic mass is 9.89. The quantitative estimate of drug-likeness (QED) is 0.227. The molecule has 0 radical (unpaired) electrons. The minimum absolute atomic E-state index is 0.0444. The zero-order valence-electron chi connectivity index (χ0n) is 31.6. The topological polar surface area (TPSA) is 220 Å². The van der Waals surface area contributed by atoms with Crippen molar-refractivity contribution >= 4 is 63.6 Å². The molecule has 19 heteroatoms. The third kappa shape index (κ3) is 7.01. The zero-order valence-corrected chi connectivity index (χ0v) is 32.4. The first kappa shape index (κ1) is 37.2. The van der Waals surface area contributed by atoms with Gasteiger partial charge in [0.25, 0.3) is 17.7 Å². The number of nitrogens with two attached hydrogens (primary N) is 1. The summed E-state index contributed by atoms with van der Waals surface area (Å²) in [5.41, 5.74) is 7.50. The highest BCUT2D eigenvalue weighted by atomic mass is 32.1. The molecule has 300 valence electrons. The molecular formula is C38H45N11O7S. The van der Waals surface area contributed by atoms with Crippen LogP contribution in [0.25, 0.3) is 0 Å². The summed E-state index contributed by atoms with van der Waals surface area (Å²) < 4.78 is 10.3. The number of aromatic nitrogens is 3. The van der Waals surface area contributed by atoms with E-state index in [0.29, 0.717) is 49.0 Å². The van der Waals surface area contributed by atoms with E-state index in [-0.39, 0.29) is 42.4 Å². The fourth-order valence-corrected chi connectivity index (χ4v) is 9.93. The third-order valence-electron chi connectivity index (χ3n) is 12.1. The Labute approximate surface area is 332 Å². The number of carbonyl (C=O) groups is 5. The first-order valence-electron chi connectivity index (χ1n) is 19.5. The van der Waals surface area contributed by atoms with Crippen LogP contribution >= 0.6 is 11.5 Å². The van der Waals surface area contributed by atoms with E-state index < -0.39 is 35.6 Å². The molecule has 0 saturated carbocycles. The van der Waals surface area contributed by atoms with E-state index in [1.54, 1.807) is 18.3 Å². The van der Waals surface area contributed by atoms with Gasteiger partial charge in [0, 0.05) is 57.9 Å². The van der Waals surface area contributed by atoms with E-state index in [9.17, 15) is 29.1 Å². The molecule has 18 nitrogen and oxygen atoms in total. The molecule has 6 aliphatic rings. The Morgan fingerprint density at radius 3 is 2.56 bits per heavy atom. The van der Waals surface area contributed by atoms with Gasteiger partial charge in [-0.05, 0) is 80.7 Å². The maximum absolute atomic E-state index is 13.4. The molecule has 2 unspecified atom stereocenters. The molecule has 8 heterocycles. The number of benzene rings is 1. The van der Waals surface area contributed by atoms with Crippen LogP contribution in [0.4, 0.5) is 27.1 Å². The second kappa shape index (κ2) is 14.5. The fourth-order valence-electron chi connectivity index (χ4n) is 9.27. The van der Waals surface area contributed by atoms with Gasteiger partial charge < -0.3 is 36.0 Å². The van der Waals surface area contributed by atoms with Crippen LogP contribution in [0.2, 0.25) is 0 Å². The number of aliphatic hydroxyl groups is 1. The highest BCUT2D eigenvalue weighted by molar-refractivity contribution is 7.10. The van der Waals surface area contributed by atoms with Crippen LogP contribution in [0.1, 0.15) is 75.4 Å². The van der Waals surface area contributed by atoms with Crippen molar-refractivity contribution in [2.45, 2.75) is 69.4 Å². The average molecular weight is 800 g/mol. The number of amides is 5.